The van der Waals surface area contributed by atoms with Crippen LogP contribution in [0.4, 0.5) is 17.8 Å². The number of nitrogens with two attached hydrogens (primary N) is 1. The molecular weight excluding hydrogens is 232 g/mol. The minimum Gasteiger partial charge on any atom is -0.376 e. The molecule has 1 aromatic rings. The van der Waals surface area contributed by atoms with Crippen LogP contribution in [-0.4, -0.2) is 48.3 Å². The van der Waals surface area contributed by atoms with Crippen LogP contribution in [0.15, 0.2) is 0 Å². The molecule has 0 unspecified atom stereocenters. The SMILES string of the molecule is COC1(CNc2nc(N)nc(N(C)C)n2)CCC1. The van der Waals surface area contributed by atoms with Gasteiger partial charge in [0.15, 0.2) is 0 Å². The quantitative estimate of drug-likeness (QED) is 0.788. The molecule has 1 saturated carbocycles. The molecule has 0 saturated heterocycles. The van der Waals surface area contributed by atoms with E-state index in [-0.39, 0.29) is 11.5 Å². The van der Waals surface area contributed by atoms with Crippen molar-refractivity contribution in [3.8, 4) is 0 Å². The van der Waals surface area contributed by atoms with Crippen LogP contribution < -0.4 is 16.0 Å². The highest BCUT2D eigenvalue weighted by Gasteiger charge is 2.36. The number of ether oxygens (including phenoxy) is 1. The van der Waals surface area contributed by atoms with Crippen LogP contribution in [0.2, 0.25) is 0 Å². The van der Waals surface area contributed by atoms with Crippen molar-refractivity contribution in [1.29, 1.82) is 0 Å². The van der Waals surface area contributed by atoms with Crippen molar-refractivity contribution in [2.45, 2.75) is 24.9 Å². The molecule has 1 heterocycles. The highest BCUT2D eigenvalue weighted by molar-refractivity contribution is 5.41. The van der Waals surface area contributed by atoms with Gasteiger partial charge in [0.2, 0.25) is 17.8 Å². The summed E-state index contributed by atoms with van der Waals surface area (Å²) in [4.78, 5) is 14.2. The minimum absolute atomic E-state index is 0.0698. The number of nitrogen functional groups attached to an aromatic ring is 1. The van der Waals surface area contributed by atoms with Crippen molar-refractivity contribution >= 4 is 17.8 Å². The van der Waals surface area contributed by atoms with Gasteiger partial charge in [-0.1, -0.05) is 0 Å². The van der Waals surface area contributed by atoms with E-state index in [2.05, 4.69) is 20.3 Å². The van der Waals surface area contributed by atoms with Crippen molar-refractivity contribution in [2.75, 3.05) is 43.7 Å². The zero-order valence-electron chi connectivity index (χ0n) is 11.1. The number of hydrogen-bond acceptors (Lipinski definition) is 7. The zero-order chi connectivity index (χ0) is 13.2. The van der Waals surface area contributed by atoms with E-state index in [0.29, 0.717) is 18.4 Å². The molecule has 0 atom stereocenters. The highest BCUT2D eigenvalue weighted by atomic mass is 16.5. The van der Waals surface area contributed by atoms with Crippen molar-refractivity contribution in [3.63, 3.8) is 0 Å². The molecule has 7 heteroatoms. The van der Waals surface area contributed by atoms with Crippen LogP contribution in [0.1, 0.15) is 19.3 Å². The van der Waals surface area contributed by atoms with Crippen LogP contribution in [0.5, 0.6) is 0 Å². The fourth-order valence-corrected chi connectivity index (χ4v) is 1.92. The lowest BCUT2D eigenvalue weighted by Crippen LogP contribution is -2.45. The van der Waals surface area contributed by atoms with Gasteiger partial charge in [0.25, 0.3) is 0 Å². The largest absolute Gasteiger partial charge is 0.376 e. The fourth-order valence-electron chi connectivity index (χ4n) is 1.92. The van der Waals surface area contributed by atoms with Crippen molar-refractivity contribution < 1.29 is 4.74 Å². The summed E-state index contributed by atoms with van der Waals surface area (Å²) in [6.07, 6.45) is 3.34. The molecule has 7 nitrogen and oxygen atoms in total. The first-order chi connectivity index (χ1) is 8.54. The Balaban J connectivity index is 2.05. The van der Waals surface area contributed by atoms with Crippen LogP contribution in [0, 0.1) is 0 Å². The van der Waals surface area contributed by atoms with Gasteiger partial charge in [0.1, 0.15) is 0 Å². The number of aromatic nitrogens is 3. The second-order valence-electron chi connectivity index (χ2n) is 4.81. The van der Waals surface area contributed by atoms with E-state index in [0.717, 1.165) is 12.8 Å². The zero-order valence-corrected chi connectivity index (χ0v) is 11.1. The van der Waals surface area contributed by atoms with Gasteiger partial charge in [0.05, 0.1) is 5.60 Å². The predicted octanol–water partition coefficient (Wildman–Crippen LogP) is 0.501. The molecule has 0 aromatic carbocycles. The van der Waals surface area contributed by atoms with E-state index in [9.17, 15) is 0 Å². The Kier molecular flexibility index (Phi) is 3.51. The van der Waals surface area contributed by atoms with Gasteiger partial charge < -0.3 is 20.7 Å². The van der Waals surface area contributed by atoms with Gasteiger partial charge in [-0.25, -0.2) is 0 Å². The lowest BCUT2D eigenvalue weighted by molar-refractivity contribution is -0.0602. The van der Waals surface area contributed by atoms with Crippen molar-refractivity contribution in [1.82, 2.24) is 15.0 Å². The Morgan fingerprint density at radius 3 is 2.56 bits per heavy atom. The summed E-state index contributed by atoms with van der Waals surface area (Å²) < 4.78 is 5.53. The molecule has 0 amide bonds. The number of nitrogens with one attached hydrogen (secondary N) is 1. The number of hydrogen-bond donors (Lipinski definition) is 2. The molecule has 18 heavy (non-hydrogen) atoms. The molecule has 1 aromatic heterocycles. The van der Waals surface area contributed by atoms with E-state index in [1.54, 1.807) is 12.0 Å². The average molecular weight is 252 g/mol. The minimum atomic E-state index is -0.0698. The maximum atomic E-state index is 5.66. The molecule has 0 spiro atoms. The molecule has 100 valence electrons. The number of rotatable bonds is 5. The van der Waals surface area contributed by atoms with Crippen LogP contribution in [0.3, 0.4) is 0 Å². The molecule has 1 fully saturated rings. The number of methoxy groups -OCH3 is 1. The third-order valence-corrected chi connectivity index (χ3v) is 3.31. The molecule has 2 rings (SSSR count). The monoisotopic (exact) mass is 252 g/mol. The fraction of sp³-hybridized carbons (Fsp3) is 0.727. The molecule has 0 radical (unpaired) electrons. The Bertz CT molecular complexity index is 412. The van der Waals surface area contributed by atoms with Crippen LogP contribution >= 0.6 is 0 Å². The second kappa shape index (κ2) is 4.93. The lowest BCUT2D eigenvalue weighted by Gasteiger charge is -2.40. The lowest BCUT2D eigenvalue weighted by atomic mass is 9.80. The maximum absolute atomic E-state index is 5.66. The number of anilines is 3. The summed E-state index contributed by atoms with van der Waals surface area (Å²) in [6, 6.07) is 0. The standard InChI is InChI=1S/C11H20N6O/c1-17(2)10-15-8(12)14-9(16-10)13-7-11(18-3)5-4-6-11/h4-7H2,1-3H3,(H3,12,13,14,15,16). The maximum Gasteiger partial charge on any atom is 0.231 e. The summed E-state index contributed by atoms with van der Waals surface area (Å²) in [7, 11) is 5.47. The second-order valence-corrected chi connectivity index (χ2v) is 4.81. The van der Waals surface area contributed by atoms with Crippen LogP contribution in [0.25, 0.3) is 0 Å². The Hall–Kier alpha value is -1.63. The Morgan fingerprint density at radius 2 is 2.06 bits per heavy atom. The average Bonchev–Trinajstić information content (AvgIpc) is 2.27. The smallest absolute Gasteiger partial charge is 0.231 e. The number of nitrogens with zero attached hydrogens (tertiary/aromatic N) is 4. The van der Waals surface area contributed by atoms with Gasteiger partial charge in [-0.05, 0) is 19.3 Å². The van der Waals surface area contributed by atoms with Gasteiger partial charge in [-0.3, -0.25) is 0 Å². The summed E-state index contributed by atoms with van der Waals surface area (Å²) in [5.41, 5.74) is 5.59. The normalized spacial score (nSPS) is 17.1. The molecular formula is C11H20N6O. The third-order valence-electron chi connectivity index (χ3n) is 3.31. The van der Waals surface area contributed by atoms with Crippen LogP contribution in [-0.2, 0) is 4.74 Å². The summed E-state index contributed by atoms with van der Waals surface area (Å²) in [5.74, 6) is 1.26. The summed E-state index contributed by atoms with van der Waals surface area (Å²) in [5, 5.41) is 3.18. The van der Waals surface area contributed by atoms with E-state index >= 15 is 0 Å². The van der Waals surface area contributed by atoms with Gasteiger partial charge in [-0.2, -0.15) is 15.0 Å². The first-order valence-corrected chi connectivity index (χ1v) is 6.02. The highest BCUT2D eigenvalue weighted by Crippen LogP contribution is 2.34. The van der Waals surface area contributed by atoms with Gasteiger partial charge >= 0.3 is 0 Å². The van der Waals surface area contributed by atoms with E-state index in [4.69, 9.17) is 10.5 Å². The summed E-state index contributed by atoms with van der Waals surface area (Å²) >= 11 is 0. The molecule has 0 bridgehead atoms. The van der Waals surface area contributed by atoms with Crippen molar-refractivity contribution in [3.05, 3.63) is 0 Å². The molecule has 1 aliphatic carbocycles. The Morgan fingerprint density at radius 1 is 1.33 bits per heavy atom. The third kappa shape index (κ3) is 2.61. The van der Waals surface area contributed by atoms with E-state index in [1.807, 2.05) is 14.1 Å². The molecule has 0 aliphatic heterocycles. The van der Waals surface area contributed by atoms with Gasteiger partial charge in [0, 0.05) is 27.7 Å². The topological polar surface area (TPSA) is 89.2 Å². The Labute approximate surface area is 107 Å². The first kappa shape index (κ1) is 12.8. The van der Waals surface area contributed by atoms with Gasteiger partial charge in [-0.15, -0.1) is 0 Å². The van der Waals surface area contributed by atoms with E-state index in [1.165, 1.54) is 6.42 Å². The predicted molar refractivity (Wildman–Crippen MR) is 70.6 cm³/mol. The van der Waals surface area contributed by atoms with E-state index < -0.39 is 0 Å². The molecule has 3 N–H and O–H groups in total. The first-order valence-electron chi connectivity index (χ1n) is 6.02. The molecule has 1 aliphatic rings. The van der Waals surface area contributed by atoms with Crippen molar-refractivity contribution in [2.24, 2.45) is 0 Å². The summed E-state index contributed by atoms with van der Waals surface area (Å²) in [6.45, 7) is 0.694.